The molecule has 0 aliphatic heterocycles. The predicted molar refractivity (Wildman–Crippen MR) is 60.7 cm³/mol. The Labute approximate surface area is 90.6 Å². The highest BCUT2D eigenvalue weighted by molar-refractivity contribution is 5.88. The number of allylic oxidation sites excluding steroid dienone is 1. The highest BCUT2D eigenvalue weighted by Gasteiger charge is 2.08. The summed E-state index contributed by atoms with van der Waals surface area (Å²) >= 11 is 0. The maximum atomic E-state index is 11.3. The molecular weight excluding hydrogens is 188 g/mol. The van der Waals surface area contributed by atoms with Gasteiger partial charge in [0.05, 0.1) is 7.11 Å². The fourth-order valence-electron chi connectivity index (χ4n) is 1.35. The summed E-state index contributed by atoms with van der Waals surface area (Å²) in [4.78, 5) is 11.3. The number of benzene rings is 1. The normalized spacial score (nSPS) is 11.3. The summed E-state index contributed by atoms with van der Waals surface area (Å²) in [6.07, 6.45) is 2.43. The third kappa shape index (κ3) is 3.24. The first-order valence-electron chi connectivity index (χ1n) is 4.96. The van der Waals surface area contributed by atoms with E-state index in [0.717, 1.165) is 5.56 Å². The van der Waals surface area contributed by atoms with Gasteiger partial charge in [0, 0.05) is 12.0 Å². The molecule has 0 heterocycles. The van der Waals surface area contributed by atoms with Crippen molar-refractivity contribution in [2.45, 2.75) is 20.3 Å². The van der Waals surface area contributed by atoms with Crippen LogP contribution in [-0.2, 0) is 16.0 Å². The van der Waals surface area contributed by atoms with Crippen molar-refractivity contribution in [3.63, 3.8) is 0 Å². The van der Waals surface area contributed by atoms with Crippen LogP contribution in [-0.4, -0.2) is 13.1 Å². The van der Waals surface area contributed by atoms with Crippen LogP contribution < -0.4 is 0 Å². The molecule has 0 radical (unpaired) electrons. The molecule has 1 rings (SSSR count). The van der Waals surface area contributed by atoms with Crippen LogP contribution in [0.3, 0.4) is 0 Å². The second-order valence-electron chi connectivity index (χ2n) is 3.47. The second kappa shape index (κ2) is 5.35. The lowest BCUT2D eigenvalue weighted by molar-refractivity contribution is -0.136. The van der Waals surface area contributed by atoms with Crippen molar-refractivity contribution in [2.24, 2.45) is 0 Å². The lowest BCUT2D eigenvalue weighted by atomic mass is 10.0. The highest BCUT2D eigenvalue weighted by Crippen LogP contribution is 2.10. The molecule has 0 saturated carbocycles. The van der Waals surface area contributed by atoms with Crippen molar-refractivity contribution in [3.05, 3.63) is 47.0 Å². The first-order chi connectivity index (χ1) is 7.17. The van der Waals surface area contributed by atoms with Gasteiger partial charge in [0.1, 0.15) is 0 Å². The van der Waals surface area contributed by atoms with E-state index in [4.69, 9.17) is 4.74 Å². The molecule has 0 aliphatic carbocycles. The van der Waals surface area contributed by atoms with Crippen molar-refractivity contribution in [1.29, 1.82) is 0 Å². The van der Waals surface area contributed by atoms with Crippen LogP contribution in [0.5, 0.6) is 0 Å². The van der Waals surface area contributed by atoms with Gasteiger partial charge in [-0.2, -0.15) is 0 Å². The number of esters is 1. The number of aryl methyl sites for hydroxylation is 1. The fourth-order valence-corrected chi connectivity index (χ4v) is 1.35. The number of methoxy groups -OCH3 is 1. The Kier molecular flexibility index (Phi) is 4.10. The van der Waals surface area contributed by atoms with Gasteiger partial charge in [-0.15, -0.1) is 0 Å². The van der Waals surface area contributed by atoms with Crippen LogP contribution >= 0.6 is 0 Å². The number of ether oxygens (including phenoxy) is 1. The van der Waals surface area contributed by atoms with Gasteiger partial charge < -0.3 is 4.74 Å². The third-order valence-electron chi connectivity index (χ3n) is 2.31. The fraction of sp³-hybridized carbons (Fsp3) is 0.308. The van der Waals surface area contributed by atoms with Crippen molar-refractivity contribution < 1.29 is 9.53 Å². The average molecular weight is 204 g/mol. The smallest absolute Gasteiger partial charge is 0.333 e. The molecule has 2 nitrogen and oxygen atoms in total. The summed E-state index contributed by atoms with van der Waals surface area (Å²) in [5, 5.41) is 0. The lowest BCUT2D eigenvalue weighted by Crippen LogP contribution is -2.07. The molecule has 0 bridgehead atoms. The molecule has 0 unspecified atom stereocenters. The minimum Gasteiger partial charge on any atom is -0.466 e. The number of rotatable bonds is 3. The maximum Gasteiger partial charge on any atom is 0.333 e. The minimum atomic E-state index is -0.252. The van der Waals surface area contributed by atoms with Gasteiger partial charge in [0.2, 0.25) is 0 Å². The van der Waals surface area contributed by atoms with Crippen molar-refractivity contribution >= 4 is 5.97 Å². The predicted octanol–water partition coefficient (Wildman–Crippen LogP) is 2.66. The van der Waals surface area contributed by atoms with E-state index < -0.39 is 0 Å². The van der Waals surface area contributed by atoms with Gasteiger partial charge in [0.15, 0.2) is 0 Å². The SMILES string of the molecule is C/C=C(\Cc1ccc(C)cc1)C(=O)OC. The highest BCUT2D eigenvalue weighted by atomic mass is 16.5. The van der Waals surface area contributed by atoms with Gasteiger partial charge in [0.25, 0.3) is 0 Å². The van der Waals surface area contributed by atoms with Crippen LogP contribution in [0.2, 0.25) is 0 Å². The van der Waals surface area contributed by atoms with Crippen LogP contribution in [0.1, 0.15) is 18.1 Å². The van der Waals surface area contributed by atoms with Gasteiger partial charge >= 0.3 is 5.97 Å². The summed E-state index contributed by atoms with van der Waals surface area (Å²) in [5.41, 5.74) is 3.04. The Bertz CT molecular complexity index is 361. The summed E-state index contributed by atoms with van der Waals surface area (Å²) < 4.78 is 4.69. The summed E-state index contributed by atoms with van der Waals surface area (Å²) in [6.45, 7) is 3.89. The largest absolute Gasteiger partial charge is 0.466 e. The second-order valence-corrected chi connectivity index (χ2v) is 3.47. The molecule has 1 aromatic rings. The van der Waals surface area contributed by atoms with E-state index in [-0.39, 0.29) is 5.97 Å². The molecule has 15 heavy (non-hydrogen) atoms. The van der Waals surface area contributed by atoms with Crippen LogP contribution in [0.15, 0.2) is 35.9 Å². The Morgan fingerprint density at radius 2 is 1.93 bits per heavy atom. The van der Waals surface area contributed by atoms with Gasteiger partial charge in [-0.3, -0.25) is 0 Å². The minimum absolute atomic E-state index is 0.252. The first-order valence-corrected chi connectivity index (χ1v) is 4.96. The molecule has 0 N–H and O–H groups in total. The lowest BCUT2D eigenvalue weighted by Gasteiger charge is -2.05. The van der Waals surface area contributed by atoms with Crippen LogP contribution in [0.4, 0.5) is 0 Å². The standard InChI is InChI=1S/C13H16O2/c1-4-12(13(14)15-3)9-11-7-5-10(2)6-8-11/h4-8H,9H2,1-3H3/b12-4+. The topological polar surface area (TPSA) is 26.3 Å². The molecule has 0 atom stereocenters. The molecule has 0 spiro atoms. The van der Waals surface area contributed by atoms with Gasteiger partial charge in [-0.1, -0.05) is 35.9 Å². The van der Waals surface area contributed by atoms with Crippen LogP contribution in [0.25, 0.3) is 0 Å². The Hall–Kier alpha value is -1.57. The van der Waals surface area contributed by atoms with E-state index in [9.17, 15) is 4.79 Å². The first kappa shape index (κ1) is 11.5. The van der Waals surface area contributed by atoms with Crippen molar-refractivity contribution in [3.8, 4) is 0 Å². The monoisotopic (exact) mass is 204 g/mol. The number of hydrogen-bond donors (Lipinski definition) is 0. The molecule has 1 aromatic carbocycles. The molecule has 80 valence electrons. The van der Waals surface area contributed by atoms with Gasteiger partial charge in [-0.25, -0.2) is 4.79 Å². The molecular formula is C13H16O2. The summed E-state index contributed by atoms with van der Waals surface area (Å²) in [5.74, 6) is -0.252. The van der Waals surface area contributed by atoms with Gasteiger partial charge in [-0.05, 0) is 19.4 Å². The van der Waals surface area contributed by atoms with E-state index in [1.807, 2.05) is 38.1 Å². The van der Waals surface area contributed by atoms with E-state index in [1.54, 1.807) is 6.08 Å². The molecule has 0 amide bonds. The van der Waals surface area contributed by atoms with E-state index in [0.29, 0.717) is 12.0 Å². The van der Waals surface area contributed by atoms with E-state index >= 15 is 0 Å². The van der Waals surface area contributed by atoms with Crippen LogP contribution in [0, 0.1) is 6.92 Å². The Morgan fingerprint density at radius 1 is 1.33 bits per heavy atom. The maximum absolute atomic E-state index is 11.3. The van der Waals surface area contributed by atoms with E-state index in [1.165, 1.54) is 12.7 Å². The zero-order valence-electron chi connectivity index (χ0n) is 9.41. The zero-order chi connectivity index (χ0) is 11.3. The summed E-state index contributed by atoms with van der Waals surface area (Å²) in [7, 11) is 1.40. The van der Waals surface area contributed by atoms with E-state index in [2.05, 4.69) is 0 Å². The number of carbonyl (C=O) groups excluding carboxylic acids is 1. The molecule has 0 aromatic heterocycles. The molecule has 0 saturated heterocycles. The third-order valence-corrected chi connectivity index (χ3v) is 2.31. The number of carbonyl (C=O) groups is 1. The Morgan fingerprint density at radius 3 is 2.40 bits per heavy atom. The van der Waals surface area contributed by atoms with Crippen molar-refractivity contribution in [2.75, 3.05) is 7.11 Å². The molecule has 0 fully saturated rings. The summed E-state index contributed by atoms with van der Waals surface area (Å²) in [6, 6.07) is 8.14. The van der Waals surface area contributed by atoms with Crippen molar-refractivity contribution in [1.82, 2.24) is 0 Å². The number of hydrogen-bond acceptors (Lipinski definition) is 2. The molecule has 0 aliphatic rings. The quantitative estimate of drug-likeness (QED) is 0.559. The zero-order valence-corrected chi connectivity index (χ0v) is 9.41. The molecule has 2 heteroatoms. The average Bonchev–Trinajstić information content (AvgIpc) is 2.27. The Balaban J connectivity index is 2.76.